The Morgan fingerprint density at radius 3 is 2.70 bits per heavy atom. The molecule has 2 aliphatic carbocycles. The van der Waals surface area contributed by atoms with Gasteiger partial charge in [0.2, 0.25) is 0 Å². The van der Waals surface area contributed by atoms with Gasteiger partial charge < -0.3 is 9.84 Å². The largest absolute Gasteiger partial charge is 0.490 e. The van der Waals surface area contributed by atoms with Crippen LogP contribution in [0.5, 0.6) is 5.75 Å². The zero-order valence-electron chi connectivity index (χ0n) is 11.9. The van der Waals surface area contributed by atoms with E-state index < -0.39 is 5.60 Å². The van der Waals surface area contributed by atoms with Gasteiger partial charge in [-0.05, 0) is 31.7 Å². The monoisotopic (exact) mass is 274 g/mol. The van der Waals surface area contributed by atoms with Crippen molar-refractivity contribution in [1.82, 2.24) is 0 Å². The van der Waals surface area contributed by atoms with Gasteiger partial charge in [-0.2, -0.15) is 0 Å². The number of ether oxygens (including phenoxy) is 1. The second-order valence-electron chi connectivity index (χ2n) is 6.13. The standard InChI is InChI=1S/C17H22O3/c18-15-8-4-7-14-13(15)6-5-9-16(14)20-12-17(19)10-2-1-3-11-17/h5-6,9,19H,1-4,7-8,10-12H2. The number of Topliss-reactive ketones (excluding diaryl/α,β-unsaturated/α-hetero) is 1. The summed E-state index contributed by atoms with van der Waals surface area (Å²) in [6, 6.07) is 5.69. The Labute approximate surface area is 120 Å². The van der Waals surface area contributed by atoms with Crippen molar-refractivity contribution < 1.29 is 14.6 Å². The molecule has 2 aliphatic rings. The highest BCUT2D eigenvalue weighted by molar-refractivity contribution is 5.99. The summed E-state index contributed by atoms with van der Waals surface area (Å²) in [6.07, 6.45) is 7.43. The summed E-state index contributed by atoms with van der Waals surface area (Å²) in [5.41, 5.74) is 1.16. The molecule has 108 valence electrons. The molecule has 0 amide bonds. The molecule has 1 fully saturated rings. The summed E-state index contributed by atoms with van der Waals surface area (Å²) in [5.74, 6) is 1.00. The molecule has 1 N–H and O–H groups in total. The topological polar surface area (TPSA) is 46.5 Å². The smallest absolute Gasteiger partial charge is 0.163 e. The average molecular weight is 274 g/mol. The van der Waals surface area contributed by atoms with Crippen LogP contribution in [0.15, 0.2) is 18.2 Å². The van der Waals surface area contributed by atoms with Crippen LogP contribution in [0, 0.1) is 0 Å². The van der Waals surface area contributed by atoms with Crippen LogP contribution < -0.4 is 4.74 Å². The fourth-order valence-corrected chi connectivity index (χ4v) is 3.35. The van der Waals surface area contributed by atoms with Crippen LogP contribution in [0.2, 0.25) is 0 Å². The van der Waals surface area contributed by atoms with Crippen LogP contribution in [-0.4, -0.2) is 23.1 Å². The Bertz CT molecular complexity index is 501. The lowest BCUT2D eigenvalue weighted by Crippen LogP contribution is -2.38. The Hall–Kier alpha value is -1.35. The fourth-order valence-electron chi connectivity index (χ4n) is 3.35. The molecule has 0 bridgehead atoms. The van der Waals surface area contributed by atoms with Crippen molar-refractivity contribution in [2.75, 3.05) is 6.61 Å². The number of rotatable bonds is 3. The van der Waals surface area contributed by atoms with Crippen LogP contribution in [0.25, 0.3) is 0 Å². The van der Waals surface area contributed by atoms with Crippen molar-refractivity contribution >= 4 is 5.78 Å². The van der Waals surface area contributed by atoms with Crippen molar-refractivity contribution in [2.45, 2.75) is 57.0 Å². The maximum absolute atomic E-state index is 11.9. The average Bonchev–Trinajstić information content (AvgIpc) is 2.47. The highest BCUT2D eigenvalue weighted by Crippen LogP contribution is 2.32. The lowest BCUT2D eigenvalue weighted by molar-refractivity contribution is -0.0341. The number of carbonyl (C=O) groups excluding carboxylic acids is 1. The van der Waals surface area contributed by atoms with Gasteiger partial charge in [0.05, 0.1) is 5.60 Å². The molecule has 1 saturated carbocycles. The van der Waals surface area contributed by atoms with E-state index in [1.54, 1.807) is 0 Å². The number of hydrogen-bond donors (Lipinski definition) is 1. The third-order valence-corrected chi connectivity index (χ3v) is 4.54. The highest BCUT2D eigenvalue weighted by atomic mass is 16.5. The first-order valence-electron chi connectivity index (χ1n) is 7.68. The number of fused-ring (bicyclic) bond motifs is 1. The molecule has 3 nitrogen and oxygen atoms in total. The minimum Gasteiger partial charge on any atom is -0.490 e. The maximum atomic E-state index is 11.9. The molecule has 1 aromatic carbocycles. The lowest BCUT2D eigenvalue weighted by Gasteiger charge is -2.32. The quantitative estimate of drug-likeness (QED) is 0.920. The minimum absolute atomic E-state index is 0.216. The lowest BCUT2D eigenvalue weighted by atomic mass is 9.85. The van der Waals surface area contributed by atoms with Crippen LogP contribution in [0.1, 0.15) is 60.9 Å². The number of benzene rings is 1. The minimum atomic E-state index is -0.681. The first-order valence-corrected chi connectivity index (χ1v) is 7.68. The number of carbonyl (C=O) groups is 1. The Morgan fingerprint density at radius 2 is 1.90 bits per heavy atom. The van der Waals surface area contributed by atoms with Gasteiger partial charge in [-0.1, -0.05) is 31.4 Å². The predicted octanol–water partition coefficient (Wildman–Crippen LogP) is 3.28. The van der Waals surface area contributed by atoms with Gasteiger partial charge in [-0.3, -0.25) is 4.79 Å². The molecular formula is C17H22O3. The van der Waals surface area contributed by atoms with Gasteiger partial charge in [0.1, 0.15) is 12.4 Å². The fraction of sp³-hybridized carbons (Fsp3) is 0.588. The molecule has 0 unspecified atom stereocenters. The van der Waals surface area contributed by atoms with Crippen molar-refractivity contribution in [1.29, 1.82) is 0 Å². The molecule has 0 heterocycles. The van der Waals surface area contributed by atoms with Crippen molar-refractivity contribution in [3.63, 3.8) is 0 Å². The van der Waals surface area contributed by atoms with Gasteiger partial charge in [-0.25, -0.2) is 0 Å². The van der Waals surface area contributed by atoms with Gasteiger partial charge in [0, 0.05) is 17.5 Å². The molecule has 0 radical (unpaired) electrons. The molecule has 0 aromatic heterocycles. The SMILES string of the molecule is O=C1CCCc2c(OCC3(O)CCCCC3)cccc21. The molecular weight excluding hydrogens is 252 g/mol. The summed E-state index contributed by atoms with van der Waals surface area (Å²) in [5, 5.41) is 10.5. The molecule has 0 spiro atoms. The molecule has 0 aliphatic heterocycles. The van der Waals surface area contributed by atoms with Crippen LogP contribution in [0.3, 0.4) is 0 Å². The van der Waals surface area contributed by atoms with Gasteiger partial charge in [-0.15, -0.1) is 0 Å². The van der Waals surface area contributed by atoms with Gasteiger partial charge in [0.15, 0.2) is 5.78 Å². The molecule has 0 saturated heterocycles. The summed E-state index contributed by atoms with van der Waals surface area (Å²) < 4.78 is 5.89. The van der Waals surface area contributed by atoms with Crippen molar-refractivity contribution in [3.8, 4) is 5.75 Å². The molecule has 20 heavy (non-hydrogen) atoms. The number of hydrogen-bond acceptors (Lipinski definition) is 3. The van der Waals surface area contributed by atoms with E-state index in [0.29, 0.717) is 13.0 Å². The third-order valence-electron chi connectivity index (χ3n) is 4.54. The van der Waals surface area contributed by atoms with Gasteiger partial charge in [0.25, 0.3) is 0 Å². The second-order valence-corrected chi connectivity index (χ2v) is 6.13. The van der Waals surface area contributed by atoms with Crippen molar-refractivity contribution in [2.24, 2.45) is 0 Å². The highest BCUT2D eigenvalue weighted by Gasteiger charge is 2.30. The normalized spacial score (nSPS) is 21.4. The van der Waals surface area contributed by atoms with Gasteiger partial charge >= 0.3 is 0 Å². The molecule has 3 heteroatoms. The zero-order valence-corrected chi connectivity index (χ0v) is 11.9. The first kappa shape index (κ1) is 13.6. The molecule has 1 aromatic rings. The Morgan fingerprint density at radius 1 is 1.10 bits per heavy atom. The molecule has 0 atom stereocenters. The summed E-state index contributed by atoms with van der Waals surface area (Å²) >= 11 is 0. The Balaban J connectivity index is 1.74. The van der Waals surface area contributed by atoms with E-state index in [1.807, 2.05) is 18.2 Å². The van der Waals surface area contributed by atoms with Crippen LogP contribution in [-0.2, 0) is 6.42 Å². The predicted molar refractivity (Wildman–Crippen MR) is 77.2 cm³/mol. The van der Waals surface area contributed by atoms with E-state index in [-0.39, 0.29) is 5.78 Å². The second kappa shape index (κ2) is 5.57. The number of aliphatic hydroxyl groups is 1. The summed E-state index contributed by atoms with van der Waals surface area (Å²) in [4.78, 5) is 11.9. The van der Waals surface area contributed by atoms with E-state index in [9.17, 15) is 9.90 Å². The summed E-state index contributed by atoms with van der Waals surface area (Å²) in [6.45, 7) is 0.345. The third kappa shape index (κ3) is 2.73. The van der Waals surface area contributed by atoms with E-state index in [4.69, 9.17) is 4.74 Å². The van der Waals surface area contributed by atoms with Crippen LogP contribution >= 0.6 is 0 Å². The summed E-state index contributed by atoms with van der Waals surface area (Å²) in [7, 11) is 0. The van der Waals surface area contributed by atoms with Crippen molar-refractivity contribution in [3.05, 3.63) is 29.3 Å². The zero-order chi connectivity index (χ0) is 14.0. The first-order chi connectivity index (χ1) is 9.68. The van der Waals surface area contributed by atoms with E-state index in [2.05, 4.69) is 0 Å². The maximum Gasteiger partial charge on any atom is 0.163 e. The Kier molecular flexibility index (Phi) is 3.79. The van der Waals surface area contributed by atoms with E-state index in [1.165, 1.54) is 6.42 Å². The molecule has 3 rings (SSSR count). The van der Waals surface area contributed by atoms with Crippen LogP contribution in [0.4, 0.5) is 0 Å². The number of ketones is 1. The van der Waals surface area contributed by atoms with E-state index >= 15 is 0 Å². The van der Waals surface area contributed by atoms with E-state index in [0.717, 1.165) is 55.4 Å².